The number of fused-ring (bicyclic) bond motifs is 4. The lowest BCUT2D eigenvalue weighted by Gasteiger charge is -2.18. The van der Waals surface area contributed by atoms with Gasteiger partial charge < -0.3 is 8.96 Å². The number of rotatable bonds is 0. The van der Waals surface area contributed by atoms with Crippen molar-refractivity contribution in [2.45, 2.75) is 0 Å². The molecule has 0 N–H and O–H groups in total. The summed E-state index contributed by atoms with van der Waals surface area (Å²) in [5, 5.41) is 0. The van der Waals surface area contributed by atoms with E-state index in [0.717, 1.165) is 33.7 Å². The van der Waals surface area contributed by atoms with Crippen molar-refractivity contribution in [1.82, 2.24) is 8.96 Å². The number of aromatic nitrogens is 2. The van der Waals surface area contributed by atoms with Gasteiger partial charge in [0, 0.05) is 11.1 Å². The number of nitrogens with zero attached hydrogens (tertiary/aromatic N) is 6. The normalized spacial score (nSPS) is 16.0. The first kappa shape index (κ1) is 12.5. The molecule has 2 aromatic heterocycles. The molecular formula is C16H8BClN6. The van der Waals surface area contributed by atoms with Crippen molar-refractivity contribution in [3.63, 3.8) is 0 Å². The van der Waals surface area contributed by atoms with Crippen LogP contribution in [0.25, 0.3) is 0 Å². The monoisotopic (exact) mass is 330 g/mol. The molecule has 0 saturated carbocycles. The summed E-state index contributed by atoms with van der Waals surface area (Å²) < 4.78 is 3.78. The number of benzene rings is 1. The molecule has 0 fully saturated rings. The van der Waals surface area contributed by atoms with Crippen LogP contribution in [0.4, 0.5) is 11.6 Å². The van der Waals surface area contributed by atoms with Crippen LogP contribution in [0, 0.1) is 0 Å². The van der Waals surface area contributed by atoms with E-state index in [1.165, 1.54) is 0 Å². The van der Waals surface area contributed by atoms with E-state index >= 15 is 0 Å². The maximum absolute atomic E-state index is 6.73. The summed E-state index contributed by atoms with van der Waals surface area (Å²) in [5.74, 6) is 2.82. The minimum absolute atomic E-state index is 0.461. The van der Waals surface area contributed by atoms with Crippen molar-refractivity contribution in [3.8, 4) is 0 Å². The summed E-state index contributed by atoms with van der Waals surface area (Å²) in [7, 11) is 0. The van der Waals surface area contributed by atoms with Crippen LogP contribution in [-0.2, 0) is 0 Å². The van der Waals surface area contributed by atoms with Crippen LogP contribution in [0.1, 0.15) is 11.1 Å². The number of amidine groups is 2. The van der Waals surface area contributed by atoms with Gasteiger partial charge in [-0.2, -0.15) is 0 Å². The van der Waals surface area contributed by atoms with Crippen LogP contribution in [0.3, 0.4) is 0 Å². The van der Waals surface area contributed by atoms with Crippen molar-refractivity contribution in [2.24, 2.45) is 20.0 Å². The number of halogens is 1. The molecule has 112 valence electrons. The highest BCUT2D eigenvalue weighted by Crippen LogP contribution is 2.30. The molecule has 0 radical (unpaired) electrons. The van der Waals surface area contributed by atoms with Crippen LogP contribution in [0.15, 0.2) is 68.5 Å². The van der Waals surface area contributed by atoms with E-state index in [2.05, 4.69) is 9.98 Å². The summed E-state index contributed by atoms with van der Waals surface area (Å²) >= 11 is 6.73. The quantitative estimate of drug-likeness (QED) is 0.563. The average molecular weight is 331 g/mol. The summed E-state index contributed by atoms with van der Waals surface area (Å²) in [6, 6.07) is 15.7. The minimum atomic E-state index is -0.461. The Morgan fingerprint density at radius 3 is 2.04 bits per heavy atom. The highest BCUT2D eigenvalue weighted by Gasteiger charge is 2.31. The Morgan fingerprint density at radius 2 is 1.29 bits per heavy atom. The lowest BCUT2D eigenvalue weighted by atomic mass is 10.1. The molecular weight excluding hydrogens is 322 g/mol. The smallest absolute Gasteiger partial charge is 0.320 e. The highest BCUT2D eigenvalue weighted by atomic mass is 35.5. The average Bonchev–Trinajstić information content (AvgIpc) is 3.27. The summed E-state index contributed by atoms with van der Waals surface area (Å²) in [5.41, 5.74) is 3.47. The van der Waals surface area contributed by atoms with Gasteiger partial charge in [-0.25, -0.2) is 20.0 Å². The lowest BCUT2D eigenvalue weighted by Crippen LogP contribution is -2.44. The van der Waals surface area contributed by atoms with Crippen LogP contribution >= 0.6 is 11.5 Å². The van der Waals surface area contributed by atoms with E-state index in [1.54, 1.807) is 0 Å². The summed E-state index contributed by atoms with van der Waals surface area (Å²) in [6.07, 6.45) is -0.461. The second-order valence-corrected chi connectivity index (χ2v) is 6.18. The van der Waals surface area contributed by atoms with E-state index < -0.39 is 6.40 Å². The molecule has 0 amide bonds. The van der Waals surface area contributed by atoms with Gasteiger partial charge in [0.05, 0.1) is 0 Å². The predicted molar refractivity (Wildman–Crippen MR) is 92.4 cm³/mol. The van der Waals surface area contributed by atoms with Crippen LogP contribution in [0.2, 0.25) is 0 Å². The van der Waals surface area contributed by atoms with E-state index in [-0.39, 0.29) is 0 Å². The van der Waals surface area contributed by atoms with E-state index in [0.29, 0.717) is 11.7 Å². The van der Waals surface area contributed by atoms with Gasteiger partial charge in [-0.3, -0.25) is 0 Å². The second kappa shape index (κ2) is 4.13. The molecule has 0 spiro atoms. The molecule has 8 heteroatoms. The molecule has 0 unspecified atom stereocenters. The van der Waals surface area contributed by atoms with Crippen LogP contribution < -0.4 is 11.0 Å². The van der Waals surface area contributed by atoms with E-state index in [1.807, 2.05) is 57.5 Å². The topological polar surface area (TPSA) is 59.3 Å². The first-order valence-corrected chi connectivity index (χ1v) is 8.00. The molecule has 6 rings (SSSR count). The van der Waals surface area contributed by atoms with Gasteiger partial charge in [0.25, 0.3) is 0 Å². The Labute approximate surface area is 141 Å². The maximum Gasteiger partial charge on any atom is 0.499 e. The number of hydrogen-bond donors (Lipinski definition) is 0. The third kappa shape index (κ3) is 1.43. The second-order valence-electron chi connectivity index (χ2n) is 5.79. The number of aliphatic imine (C=N–C) groups is 2. The fraction of sp³-hybridized carbons (Fsp3) is 0. The van der Waals surface area contributed by atoms with Crippen molar-refractivity contribution >= 4 is 41.2 Å². The summed E-state index contributed by atoms with van der Waals surface area (Å²) in [6.45, 7) is 0. The summed E-state index contributed by atoms with van der Waals surface area (Å²) in [4.78, 5) is 18.8. The van der Waals surface area contributed by atoms with Crippen molar-refractivity contribution < 1.29 is 0 Å². The SMILES string of the molecule is ClB1n2c3ccc2N=c2ccc(n21)=NC1=NC(=N3)c2ccccc21. The van der Waals surface area contributed by atoms with Crippen molar-refractivity contribution in [2.75, 3.05) is 0 Å². The van der Waals surface area contributed by atoms with Gasteiger partial charge in [0.2, 0.25) is 0 Å². The third-order valence-electron chi connectivity index (χ3n) is 4.47. The number of hydrogen-bond acceptors (Lipinski definition) is 4. The molecule has 1 aromatic carbocycles. The van der Waals surface area contributed by atoms with Gasteiger partial charge >= 0.3 is 6.40 Å². The molecule has 0 atom stereocenters. The van der Waals surface area contributed by atoms with Crippen LogP contribution in [-0.4, -0.2) is 27.0 Å². The Hall–Kier alpha value is -2.93. The molecule has 3 aliphatic rings. The standard InChI is InChI=1S/C16H8BClN6/c18-17-23-11-5-7-13(23)20-15-9-3-1-2-4-10(9)16(22-15)21-14-8-6-12(19-11)24(14)17/h1-8H. The molecule has 3 aromatic rings. The zero-order chi connectivity index (χ0) is 15.8. The van der Waals surface area contributed by atoms with Crippen molar-refractivity contribution in [3.05, 3.63) is 70.6 Å². The van der Waals surface area contributed by atoms with Gasteiger partial charge in [0.1, 0.15) is 22.6 Å². The third-order valence-corrected chi connectivity index (χ3v) is 4.86. The molecule has 4 bridgehead atoms. The lowest BCUT2D eigenvalue weighted by molar-refractivity contribution is 0.928. The zero-order valence-corrected chi connectivity index (χ0v) is 13.0. The Morgan fingerprint density at radius 1 is 0.667 bits per heavy atom. The fourth-order valence-corrected chi connectivity index (χ4v) is 3.77. The molecule has 0 aliphatic carbocycles. The van der Waals surface area contributed by atoms with Gasteiger partial charge in [-0.05, 0) is 24.3 Å². The predicted octanol–water partition coefficient (Wildman–Crippen LogP) is 1.65. The van der Waals surface area contributed by atoms with E-state index in [9.17, 15) is 0 Å². The molecule has 6 nitrogen and oxygen atoms in total. The van der Waals surface area contributed by atoms with Gasteiger partial charge in [-0.15, -0.1) is 11.5 Å². The van der Waals surface area contributed by atoms with E-state index in [4.69, 9.17) is 21.4 Å². The minimum Gasteiger partial charge on any atom is -0.320 e. The molecule has 3 aliphatic heterocycles. The zero-order valence-electron chi connectivity index (χ0n) is 12.3. The van der Waals surface area contributed by atoms with Gasteiger partial charge in [0.15, 0.2) is 11.7 Å². The molecule has 5 heterocycles. The Kier molecular flexibility index (Phi) is 2.15. The van der Waals surface area contributed by atoms with Crippen molar-refractivity contribution in [1.29, 1.82) is 0 Å². The Balaban J connectivity index is 1.83. The molecule has 0 saturated heterocycles. The first-order chi connectivity index (χ1) is 11.8. The fourth-order valence-electron chi connectivity index (χ4n) is 3.37. The largest absolute Gasteiger partial charge is 0.499 e. The first-order valence-electron chi connectivity index (χ1n) is 7.57. The molecule has 24 heavy (non-hydrogen) atoms. The highest BCUT2D eigenvalue weighted by molar-refractivity contribution is 7.05. The van der Waals surface area contributed by atoms with Gasteiger partial charge in [-0.1, -0.05) is 24.3 Å². The Bertz CT molecular complexity index is 1230. The maximum atomic E-state index is 6.73. The van der Waals surface area contributed by atoms with Crippen LogP contribution in [0.5, 0.6) is 0 Å².